The average molecular weight is 570 g/mol. The number of hydrogen-bond acceptors (Lipinski definition) is 4. The van der Waals surface area contributed by atoms with Crippen LogP contribution in [0.4, 0.5) is 0 Å². The van der Waals surface area contributed by atoms with Gasteiger partial charge >= 0.3 is 0 Å². The first-order valence-electron chi connectivity index (χ1n) is 14.3. The minimum absolute atomic E-state index is 0.00927. The molecule has 0 radical (unpaired) electrons. The van der Waals surface area contributed by atoms with E-state index in [1.807, 2.05) is 28.8 Å². The number of thioether (sulfide) groups is 1. The molecule has 2 aromatic carbocycles. The number of benzene rings is 2. The fourth-order valence-corrected chi connectivity index (χ4v) is 7.27. The van der Waals surface area contributed by atoms with Gasteiger partial charge in [-0.2, -0.15) is 0 Å². The SMILES string of the molecule is CC(=O)N1CCC(CC(=O)N2CCN(CCSC(c3ccccc3)c3ccc(Cl)cc3)C[C@@H]2C(C)(C)C)CC1. The highest BCUT2D eigenvalue weighted by Gasteiger charge is 2.38. The van der Waals surface area contributed by atoms with Crippen LogP contribution in [0.25, 0.3) is 0 Å². The van der Waals surface area contributed by atoms with Gasteiger partial charge in [-0.3, -0.25) is 14.5 Å². The number of piperidine rings is 1. The summed E-state index contributed by atoms with van der Waals surface area (Å²) in [5, 5.41) is 1.02. The molecule has 2 aliphatic heterocycles. The second-order valence-electron chi connectivity index (χ2n) is 12.1. The molecule has 0 aliphatic carbocycles. The Hall–Kier alpha value is -2.02. The van der Waals surface area contributed by atoms with E-state index in [2.05, 4.69) is 73.0 Å². The Morgan fingerprint density at radius 2 is 1.59 bits per heavy atom. The van der Waals surface area contributed by atoms with Crippen LogP contribution >= 0.6 is 23.4 Å². The Labute approximate surface area is 244 Å². The lowest BCUT2D eigenvalue weighted by Gasteiger charge is -2.48. The number of carbonyl (C=O) groups is 2. The number of amides is 2. The Bertz CT molecular complexity index is 1080. The quantitative estimate of drug-likeness (QED) is 0.370. The van der Waals surface area contributed by atoms with E-state index in [0.717, 1.165) is 62.9 Å². The molecule has 2 fully saturated rings. The van der Waals surface area contributed by atoms with Crippen molar-refractivity contribution in [2.45, 2.75) is 58.2 Å². The van der Waals surface area contributed by atoms with Gasteiger partial charge in [-0.25, -0.2) is 0 Å². The third kappa shape index (κ3) is 8.25. The van der Waals surface area contributed by atoms with Crippen molar-refractivity contribution in [3.05, 3.63) is 70.7 Å². The van der Waals surface area contributed by atoms with Gasteiger partial charge in [0.05, 0.1) is 5.25 Å². The van der Waals surface area contributed by atoms with Gasteiger partial charge in [0, 0.05) is 69.4 Å². The standard InChI is InChI=1S/C32H44ClN3O2S/c1-24(37)35-16-14-25(15-17-35)22-30(38)36-19-18-34(23-29(36)32(2,3)4)20-21-39-31(26-8-6-5-7-9-26)27-10-12-28(33)13-11-27/h5-13,25,29,31H,14-23H2,1-4H3/t29-,31?/m1/s1. The van der Waals surface area contributed by atoms with E-state index in [4.69, 9.17) is 11.6 Å². The van der Waals surface area contributed by atoms with Gasteiger partial charge < -0.3 is 9.80 Å². The molecule has 2 aliphatic rings. The molecule has 2 amide bonds. The molecule has 7 heteroatoms. The van der Waals surface area contributed by atoms with Crippen LogP contribution in [0.5, 0.6) is 0 Å². The van der Waals surface area contributed by atoms with E-state index in [0.29, 0.717) is 12.3 Å². The van der Waals surface area contributed by atoms with Crippen LogP contribution < -0.4 is 0 Å². The maximum absolute atomic E-state index is 13.5. The number of rotatable bonds is 8. The second kappa shape index (κ2) is 13.6. The molecule has 212 valence electrons. The van der Waals surface area contributed by atoms with Gasteiger partial charge in [0.2, 0.25) is 11.8 Å². The normalized spacial score (nSPS) is 20.2. The Morgan fingerprint density at radius 3 is 2.21 bits per heavy atom. The van der Waals surface area contributed by atoms with Crippen LogP contribution in [0.2, 0.25) is 5.02 Å². The maximum atomic E-state index is 13.5. The van der Waals surface area contributed by atoms with E-state index in [1.165, 1.54) is 11.1 Å². The molecule has 2 heterocycles. The van der Waals surface area contributed by atoms with Gasteiger partial charge in [-0.1, -0.05) is 74.8 Å². The summed E-state index contributed by atoms with van der Waals surface area (Å²) in [5.41, 5.74) is 2.59. The first kappa shape index (κ1) is 30.0. The lowest BCUT2D eigenvalue weighted by atomic mass is 9.83. The summed E-state index contributed by atoms with van der Waals surface area (Å²) in [6, 6.07) is 19.1. The van der Waals surface area contributed by atoms with Crippen LogP contribution in [0.3, 0.4) is 0 Å². The molecule has 39 heavy (non-hydrogen) atoms. The zero-order valence-corrected chi connectivity index (χ0v) is 25.5. The molecule has 2 saturated heterocycles. The summed E-state index contributed by atoms with van der Waals surface area (Å²) in [7, 11) is 0. The third-order valence-corrected chi connectivity index (χ3v) is 9.82. The summed E-state index contributed by atoms with van der Waals surface area (Å²) in [4.78, 5) is 31.8. The van der Waals surface area contributed by atoms with Crippen LogP contribution in [-0.4, -0.2) is 77.6 Å². The molecular formula is C32H44ClN3O2S. The highest BCUT2D eigenvalue weighted by Crippen LogP contribution is 2.36. The lowest BCUT2D eigenvalue weighted by molar-refractivity contribution is -0.141. The zero-order chi connectivity index (χ0) is 28.0. The topological polar surface area (TPSA) is 43.9 Å². The highest BCUT2D eigenvalue weighted by molar-refractivity contribution is 7.99. The lowest BCUT2D eigenvalue weighted by Crippen LogP contribution is -2.60. The summed E-state index contributed by atoms with van der Waals surface area (Å²) in [6.07, 6.45) is 2.46. The number of piperazine rings is 1. The van der Waals surface area contributed by atoms with Crippen molar-refractivity contribution in [2.75, 3.05) is 45.0 Å². The number of likely N-dealkylation sites (tertiary alicyclic amines) is 1. The first-order valence-corrected chi connectivity index (χ1v) is 15.7. The smallest absolute Gasteiger partial charge is 0.223 e. The van der Waals surface area contributed by atoms with Crippen molar-refractivity contribution in [3.8, 4) is 0 Å². The van der Waals surface area contributed by atoms with Crippen molar-refractivity contribution in [1.82, 2.24) is 14.7 Å². The summed E-state index contributed by atoms with van der Waals surface area (Å²) < 4.78 is 0. The van der Waals surface area contributed by atoms with Crippen molar-refractivity contribution in [2.24, 2.45) is 11.3 Å². The van der Waals surface area contributed by atoms with E-state index in [9.17, 15) is 9.59 Å². The number of carbonyl (C=O) groups excluding carboxylic acids is 2. The largest absolute Gasteiger partial charge is 0.343 e. The predicted octanol–water partition coefficient (Wildman–Crippen LogP) is 6.37. The first-order chi connectivity index (χ1) is 18.6. The van der Waals surface area contributed by atoms with E-state index in [1.54, 1.807) is 6.92 Å². The maximum Gasteiger partial charge on any atom is 0.223 e. The van der Waals surface area contributed by atoms with Gasteiger partial charge in [-0.15, -0.1) is 11.8 Å². The molecule has 0 bridgehead atoms. The van der Waals surface area contributed by atoms with Crippen molar-refractivity contribution < 1.29 is 9.59 Å². The Morgan fingerprint density at radius 1 is 0.949 bits per heavy atom. The van der Waals surface area contributed by atoms with Gasteiger partial charge in [0.25, 0.3) is 0 Å². The zero-order valence-electron chi connectivity index (χ0n) is 23.9. The van der Waals surface area contributed by atoms with Crippen LogP contribution in [0, 0.1) is 11.3 Å². The average Bonchev–Trinajstić information content (AvgIpc) is 2.92. The minimum atomic E-state index is 0.00927. The van der Waals surface area contributed by atoms with Crippen LogP contribution in [-0.2, 0) is 9.59 Å². The molecule has 0 N–H and O–H groups in total. The number of halogens is 1. The van der Waals surface area contributed by atoms with Gasteiger partial charge in [0.15, 0.2) is 0 Å². The molecule has 0 aromatic heterocycles. The second-order valence-corrected chi connectivity index (χ2v) is 13.8. The van der Waals surface area contributed by atoms with Gasteiger partial charge in [0.1, 0.15) is 0 Å². The molecule has 1 unspecified atom stereocenters. The Balaban J connectivity index is 1.34. The van der Waals surface area contributed by atoms with Crippen molar-refractivity contribution in [1.29, 1.82) is 0 Å². The molecule has 0 spiro atoms. The predicted molar refractivity (Wildman–Crippen MR) is 163 cm³/mol. The van der Waals surface area contributed by atoms with Crippen molar-refractivity contribution in [3.63, 3.8) is 0 Å². The summed E-state index contributed by atoms with van der Waals surface area (Å²) in [6.45, 7) is 13.6. The fourth-order valence-electron chi connectivity index (χ4n) is 5.85. The molecule has 5 nitrogen and oxygen atoms in total. The number of nitrogens with zero attached hydrogens (tertiary/aromatic N) is 3. The fraction of sp³-hybridized carbons (Fsp3) is 0.562. The molecule has 2 atom stereocenters. The summed E-state index contributed by atoms with van der Waals surface area (Å²) in [5.74, 6) is 1.83. The Kier molecular flexibility index (Phi) is 10.4. The van der Waals surface area contributed by atoms with E-state index < -0.39 is 0 Å². The van der Waals surface area contributed by atoms with Crippen LogP contribution in [0.1, 0.15) is 63.3 Å². The van der Waals surface area contributed by atoms with Crippen LogP contribution in [0.15, 0.2) is 54.6 Å². The highest BCUT2D eigenvalue weighted by atomic mass is 35.5. The molecule has 0 saturated carbocycles. The molecule has 4 rings (SSSR count). The monoisotopic (exact) mass is 569 g/mol. The van der Waals surface area contributed by atoms with Gasteiger partial charge in [-0.05, 0) is 47.4 Å². The van der Waals surface area contributed by atoms with Crippen molar-refractivity contribution >= 4 is 35.2 Å². The van der Waals surface area contributed by atoms with E-state index in [-0.39, 0.29) is 28.5 Å². The summed E-state index contributed by atoms with van der Waals surface area (Å²) >= 11 is 8.14. The third-order valence-electron chi connectivity index (χ3n) is 8.27. The van der Waals surface area contributed by atoms with E-state index >= 15 is 0 Å². The number of hydrogen-bond donors (Lipinski definition) is 0. The minimum Gasteiger partial charge on any atom is -0.343 e. The molecule has 2 aromatic rings. The molecular weight excluding hydrogens is 526 g/mol.